The number of rotatable bonds is 1. The van der Waals surface area contributed by atoms with E-state index >= 15 is 0 Å². The summed E-state index contributed by atoms with van der Waals surface area (Å²) < 4.78 is 13.3. The topological polar surface area (TPSA) is 44.0 Å². The third kappa shape index (κ3) is 2.65. The monoisotopic (exact) mass is 233 g/mol. The van der Waals surface area contributed by atoms with Crippen molar-refractivity contribution < 1.29 is 9.50 Å². The van der Waals surface area contributed by atoms with Crippen LogP contribution in [-0.4, -0.2) is 11.2 Å². The summed E-state index contributed by atoms with van der Waals surface area (Å²) in [4.78, 5) is 0. The molecular weight excluding hydrogens is 217 g/mol. The van der Waals surface area contributed by atoms with E-state index in [1.165, 1.54) is 12.1 Å². The molecule has 1 N–H and O–H groups in total. The largest absolute Gasteiger partial charge is 0.393 e. The molecule has 0 amide bonds. The fourth-order valence-electron chi connectivity index (χ4n) is 2.60. The minimum absolute atomic E-state index is 0.238. The Hall–Kier alpha value is -1.40. The number of hydrogen-bond donors (Lipinski definition) is 1. The average Bonchev–Trinajstić information content (AvgIpc) is 2.32. The van der Waals surface area contributed by atoms with Crippen molar-refractivity contribution in [3.05, 3.63) is 35.1 Å². The molecule has 1 aromatic rings. The van der Waals surface area contributed by atoms with Crippen molar-refractivity contribution in [1.82, 2.24) is 0 Å². The Kier molecular flexibility index (Phi) is 3.44. The molecule has 2 rings (SSSR count). The van der Waals surface area contributed by atoms with E-state index in [0.29, 0.717) is 5.56 Å². The van der Waals surface area contributed by atoms with Gasteiger partial charge in [-0.3, -0.25) is 0 Å². The van der Waals surface area contributed by atoms with E-state index in [4.69, 9.17) is 5.26 Å². The molecule has 0 radical (unpaired) electrons. The van der Waals surface area contributed by atoms with Crippen LogP contribution in [0.2, 0.25) is 0 Å². The molecule has 1 saturated carbocycles. The van der Waals surface area contributed by atoms with E-state index in [0.717, 1.165) is 24.8 Å². The molecule has 0 bridgehead atoms. The molecular formula is C14H16FNO. The van der Waals surface area contributed by atoms with E-state index in [-0.39, 0.29) is 23.8 Å². The molecule has 0 aromatic heterocycles. The Morgan fingerprint density at radius 3 is 2.76 bits per heavy atom. The highest BCUT2D eigenvalue weighted by Crippen LogP contribution is 2.36. The third-order valence-electron chi connectivity index (χ3n) is 3.64. The third-order valence-corrected chi connectivity index (χ3v) is 3.64. The van der Waals surface area contributed by atoms with Gasteiger partial charge >= 0.3 is 0 Å². The van der Waals surface area contributed by atoms with Gasteiger partial charge in [-0.2, -0.15) is 5.26 Å². The summed E-state index contributed by atoms with van der Waals surface area (Å²) in [6.45, 7) is 2.02. The molecule has 1 aromatic carbocycles. The van der Waals surface area contributed by atoms with Crippen LogP contribution in [-0.2, 0) is 0 Å². The molecule has 90 valence electrons. The molecule has 0 saturated heterocycles. The lowest BCUT2D eigenvalue weighted by Gasteiger charge is -2.31. The van der Waals surface area contributed by atoms with E-state index in [1.807, 2.05) is 13.0 Å². The molecule has 3 heteroatoms. The quantitative estimate of drug-likeness (QED) is 0.810. The fraction of sp³-hybridized carbons (Fsp3) is 0.500. The van der Waals surface area contributed by atoms with Crippen LogP contribution >= 0.6 is 0 Å². The number of nitriles is 1. The van der Waals surface area contributed by atoms with Crippen LogP contribution in [0.5, 0.6) is 0 Å². The van der Waals surface area contributed by atoms with Gasteiger partial charge in [-0.1, -0.05) is 6.92 Å². The molecule has 0 spiro atoms. The van der Waals surface area contributed by atoms with E-state index in [2.05, 4.69) is 0 Å². The van der Waals surface area contributed by atoms with Gasteiger partial charge in [0.05, 0.1) is 17.7 Å². The van der Waals surface area contributed by atoms with Gasteiger partial charge < -0.3 is 5.11 Å². The summed E-state index contributed by atoms with van der Waals surface area (Å²) in [7, 11) is 0. The molecule has 17 heavy (non-hydrogen) atoms. The average molecular weight is 233 g/mol. The first-order chi connectivity index (χ1) is 8.10. The zero-order valence-electron chi connectivity index (χ0n) is 9.86. The highest BCUT2D eigenvalue weighted by atomic mass is 19.1. The van der Waals surface area contributed by atoms with Crippen LogP contribution in [0.1, 0.15) is 43.2 Å². The van der Waals surface area contributed by atoms with Gasteiger partial charge in [0.2, 0.25) is 0 Å². The van der Waals surface area contributed by atoms with Gasteiger partial charge in [0.25, 0.3) is 0 Å². The first-order valence-corrected chi connectivity index (χ1v) is 5.99. The van der Waals surface area contributed by atoms with Gasteiger partial charge in [-0.15, -0.1) is 0 Å². The van der Waals surface area contributed by atoms with Crippen LogP contribution in [0.25, 0.3) is 0 Å². The Morgan fingerprint density at radius 1 is 1.35 bits per heavy atom. The fourth-order valence-corrected chi connectivity index (χ4v) is 2.60. The van der Waals surface area contributed by atoms with Crippen molar-refractivity contribution in [2.75, 3.05) is 0 Å². The van der Waals surface area contributed by atoms with Gasteiger partial charge in [0.15, 0.2) is 0 Å². The normalized spacial score (nSPS) is 28.7. The van der Waals surface area contributed by atoms with Crippen molar-refractivity contribution in [1.29, 1.82) is 5.26 Å². The second-order valence-electron chi connectivity index (χ2n) is 4.94. The second-order valence-corrected chi connectivity index (χ2v) is 4.94. The molecule has 0 aliphatic heterocycles. The van der Waals surface area contributed by atoms with Crippen molar-refractivity contribution in [2.24, 2.45) is 5.92 Å². The summed E-state index contributed by atoms with van der Waals surface area (Å²) >= 11 is 0. The molecule has 2 nitrogen and oxygen atoms in total. The van der Waals surface area contributed by atoms with Crippen LogP contribution in [0.15, 0.2) is 18.2 Å². The number of benzene rings is 1. The van der Waals surface area contributed by atoms with Gasteiger partial charge in [0, 0.05) is 0 Å². The zero-order valence-corrected chi connectivity index (χ0v) is 9.86. The summed E-state index contributed by atoms with van der Waals surface area (Å²) in [5.74, 6) is 0.150. The SMILES string of the molecule is CC1CC(c2cc(F)cc(C#N)c2)CCC1O. The predicted octanol–water partition coefficient (Wildman–Crippen LogP) is 2.96. The van der Waals surface area contributed by atoms with E-state index in [1.54, 1.807) is 6.07 Å². The summed E-state index contributed by atoms with van der Waals surface area (Å²) in [5.41, 5.74) is 1.26. The number of nitrogens with zero attached hydrogens (tertiary/aromatic N) is 1. The van der Waals surface area contributed by atoms with Gasteiger partial charge in [0.1, 0.15) is 5.82 Å². The number of aliphatic hydroxyl groups excluding tert-OH is 1. The number of aliphatic hydroxyl groups is 1. The Bertz CT molecular complexity index is 452. The molecule has 3 unspecified atom stereocenters. The maximum atomic E-state index is 13.3. The molecule has 1 aliphatic rings. The lowest BCUT2D eigenvalue weighted by atomic mass is 9.77. The van der Waals surface area contributed by atoms with Crippen molar-refractivity contribution in [2.45, 2.75) is 38.2 Å². The highest BCUT2D eigenvalue weighted by Gasteiger charge is 2.27. The standard InChI is InChI=1S/C14H16FNO/c1-9-4-11(2-3-14(9)17)12-5-10(8-16)6-13(15)7-12/h5-7,9,11,14,17H,2-4H2,1H3. The Balaban J connectivity index is 2.23. The van der Waals surface area contributed by atoms with Crippen LogP contribution in [0.4, 0.5) is 4.39 Å². The zero-order chi connectivity index (χ0) is 12.4. The lowest BCUT2D eigenvalue weighted by Crippen LogP contribution is -2.26. The first kappa shape index (κ1) is 12.1. The molecule has 1 aliphatic carbocycles. The van der Waals surface area contributed by atoms with Crippen molar-refractivity contribution in [3.8, 4) is 6.07 Å². The van der Waals surface area contributed by atoms with Gasteiger partial charge in [-0.25, -0.2) is 4.39 Å². The maximum Gasteiger partial charge on any atom is 0.124 e. The lowest BCUT2D eigenvalue weighted by molar-refractivity contribution is 0.0712. The number of hydrogen-bond acceptors (Lipinski definition) is 2. The van der Waals surface area contributed by atoms with Crippen LogP contribution < -0.4 is 0 Å². The van der Waals surface area contributed by atoms with E-state index < -0.39 is 0 Å². The summed E-state index contributed by atoms with van der Waals surface area (Å²) in [6.07, 6.45) is 2.23. The molecule has 3 atom stereocenters. The van der Waals surface area contributed by atoms with E-state index in [9.17, 15) is 9.50 Å². The Morgan fingerprint density at radius 2 is 2.12 bits per heavy atom. The summed E-state index contributed by atoms with van der Waals surface area (Å²) in [5, 5.41) is 18.5. The van der Waals surface area contributed by atoms with Crippen LogP contribution in [0, 0.1) is 23.1 Å². The van der Waals surface area contributed by atoms with Crippen molar-refractivity contribution in [3.63, 3.8) is 0 Å². The predicted molar refractivity (Wildman–Crippen MR) is 62.9 cm³/mol. The highest BCUT2D eigenvalue weighted by molar-refractivity contribution is 5.35. The number of halogens is 1. The Labute approximate surface area is 101 Å². The smallest absolute Gasteiger partial charge is 0.124 e. The minimum atomic E-state index is -0.349. The van der Waals surface area contributed by atoms with Crippen molar-refractivity contribution >= 4 is 0 Å². The second kappa shape index (κ2) is 4.85. The maximum absolute atomic E-state index is 13.3. The molecule has 0 heterocycles. The summed E-state index contributed by atoms with van der Waals surface area (Å²) in [6, 6.07) is 6.50. The van der Waals surface area contributed by atoms with Crippen LogP contribution in [0.3, 0.4) is 0 Å². The molecule has 1 fully saturated rings. The minimum Gasteiger partial charge on any atom is -0.393 e. The van der Waals surface area contributed by atoms with Gasteiger partial charge in [-0.05, 0) is 54.9 Å². The first-order valence-electron chi connectivity index (χ1n) is 5.99.